The molecule has 0 spiro atoms. The van der Waals surface area contributed by atoms with Gasteiger partial charge in [0.2, 0.25) is 0 Å². The molecule has 1 aliphatic rings. The zero-order valence-electron chi connectivity index (χ0n) is 10.7. The van der Waals surface area contributed by atoms with Crippen LogP contribution in [0.4, 0.5) is 0 Å². The SMILES string of the molecule is O=C(O)c1cc(-c2ccc(OC3CS(=O)(=O)C3)cc2)on1. The summed E-state index contributed by atoms with van der Waals surface area (Å²) in [5.41, 5.74) is 0.494. The Balaban J connectivity index is 1.70. The quantitative estimate of drug-likeness (QED) is 0.904. The molecule has 2 aromatic rings. The third kappa shape index (κ3) is 2.89. The number of aromatic carboxylic acids is 1. The molecule has 3 rings (SSSR count). The second-order valence-electron chi connectivity index (χ2n) is 4.72. The van der Waals surface area contributed by atoms with E-state index in [4.69, 9.17) is 14.4 Å². The molecule has 1 aromatic carbocycles. The molecule has 0 unspecified atom stereocenters. The van der Waals surface area contributed by atoms with Crippen LogP contribution in [0.3, 0.4) is 0 Å². The molecule has 0 radical (unpaired) electrons. The molecule has 1 saturated heterocycles. The second kappa shape index (κ2) is 4.88. The normalized spacial score (nSPS) is 17.1. The van der Waals surface area contributed by atoms with Gasteiger partial charge >= 0.3 is 5.97 Å². The van der Waals surface area contributed by atoms with Crippen LogP contribution in [0.1, 0.15) is 10.5 Å². The summed E-state index contributed by atoms with van der Waals surface area (Å²) in [6, 6.07) is 8.05. The predicted molar refractivity (Wildman–Crippen MR) is 72.0 cm³/mol. The minimum absolute atomic E-state index is 0.0405. The van der Waals surface area contributed by atoms with E-state index in [9.17, 15) is 13.2 Å². The Labute approximate surface area is 120 Å². The third-order valence-corrected chi connectivity index (χ3v) is 4.81. The van der Waals surface area contributed by atoms with Gasteiger partial charge in [-0.3, -0.25) is 0 Å². The number of rotatable bonds is 4. The number of ether oxygens (including phenoxy) is 1. The maximum atomic E-state index is 11.0. The lowest BCUT2D eigenvalue weighted by Crippen LogP contribution is -2.45. The lowest BCUT2D eigenvalue weighted by molar-refractivity contribution is 0.0686. The van der Waals surface area contributed by atoms with Gasteiger partial charge in [0, 0.05) is 11.6 Å². The molecule has 1 N–H and O–H groups in total. The Kier molecular flexibility index (Phi) is 3.17. The number of carboxylic acids is 1. The fourth-order valence-corrected chi connectivity index (χ4v) is 3.16. The number of sulfone groups is 1. The standard InChI is InChI=1S/C13H11NO6S/c15-13(16)11-5-12(20-14-11)8-1-3-9(4-2-8)19-10-6-21(17,18)7-10/h1-5,10H,6-7H2,(H,15,16). The van der Waals surface area contributed by atoms with E-state index in [-0.39, 0.29) is 23.3 Å². The largest absolute Gasteiger partial charge is 0.488 e. The first-order chi connectivity index (χ1) is 9.93. The molecule has 0 aliphatic carbocycles. The fraction of sp³-hybridized carbons (Fsp3) is 0.231. The number of hydrogen-bond acceptors (Lipinski definition) is 6. The van der Waals surface area contributed by atoms with Crippen molar-refractivity contribution in [3.8, 4) is 17.1 Å². The van der Waals surface area contributed by atoms with Gasteiger partial charge in [-0.25, -0.2) is 13.2 Å². The summed E-state index contributed by atoms with van der Waals surface area (Å²) >= 11 is 0. The molecule has 7 nitrogen and oxygen atoms in total. The highest BCUT2D eigenvalue weighted by Crippen LogP contribution is 2.25. The van der Waals surface area contributed by atoms with Crippen molar-refractivity contribution in [1.29, 1.82) is 0 Å². The lowest BCUT2D eigenvalue weighted by atomic mass is 10.1. The maximum Gasteiger partial charge on any atom is 0.358 e. The monoisotopic (exact) mass is 309 g/mol. The molecule has 1 fully saturated rings. The maximum absolute atomic E-state index is 11.0. The van der Waals surface area contributed by atoms with Crippen molar-refractivity contribution in [2.45, 2.75) is 6.10 Å². The summed E-state index contributed by atoms with van der Waals surface area (Å²) in [6.07, 6.45) is -0.301. The summed E-state index contributed by atoms with van der Waals surface area (Å²) in [4.78, 5) is 10.7. The Hall–Kier alpha value is -2.35. The number of nitrogens with zero attached hydrogens (tertiary/aromatic N) is 1. The number of carbonyl (C=O) groups is 1. The molecular weight excluding hydrogens is 298 g/mol. The first-order valence-corrected chi connectivity index (χ1v) is 7.93. The van der Waals surface area contributed by atoms with Crippen LogP contribution in [0, 0.1) is 0 Å². The smallest absolute Gasteiger partial charge is 0.358 e. The van der Waals surface area contributed by atoms with Crippen LogP contribution in [-0.4, -0.2) is 42.3 Å². The lowest BCUT2D eigenvalue weighted by Gasteiger charge is -2.26. The van der Waals surface area contributed by atoms with E-state index >= 15 is 0 Å². The molecule has 110 valence electrons. The van der Waals surface area contributed by atoms with Crippen LogP contribution in [0.5, 0.6) is 5.75 Å². The van der Waals surface area contributed by atoms with E-state index in [0.29, 0.717) is 17.1 Å². The van der Waals surface area contributed by atoms with Crippen molar-refractivity contribution in [1.82, 2.24) is 5.16 Å². The highest BCUT2D eigenvalue weighted by atomic mass is 32.2. The Bertz CT molecular complexity index is 765. The van der Waals surface area contributed by atoms with Gasteiger partial charge in [-0.1, -0.05) is 5.16 Å². The molecule has 2 heterocycles. The van der Waals surface area contributed by atoms with E-state index in [1.54, 1.807) is 24.3 Å². The Morgan fingerprint density at radius 3 is 2.48 bits per heavy atom. The van der Waals surface area contributed by atoms with Gasteiger partial charge in [0.05, 0.1) is 11.5 Å². The van der Waals surface area contributed by atoms with E-state index in [0.717, 1.165) is 0 Å². The van der Waals surface area contributed by atoms with Crippen molar-refractivity contribution in [2.24, 2.45) is 0 Å². The van der Waals surface area contributed by atoms with Crippen molar-refractivity contribution in [2.75, 3.05) is 11.5 Å². The molecule has 8 heteroatoms. The molecule has 0 saturated carbocycles. The molecule has 0 amide bonds. The minimum atomic E-state index is -2.91. The molecular formula is C13H11NO6S. The topological polar surface area (TPSA) is 107 Å². The van der Waals surface area contributed by atoms with Crippen LogP contribution in [0.15, 0.2) is 34.9 Å². The average Bonchev–Trinajstić information content (AvgIpc) is 2.87. The van der Waals surface area contributed by atoms with Crippen LogP contribution in [-0.2, 0) is 9.84 Å². The van der Waals surface area contributed by atoms with Gasteiger partial charge in [-0.2, -0.15) is 0 Å². The second-order valence-corrected chi connectivity index (χ2v) is 6.88. The summed E-state index contributed by atoms with van der Waals surface area (Å²) in [7, 11) is -2.91. The van der Waals surface area contributed by atoms with Crippen LogP contribution in [0.25, 0.3) is 11.3 Å². The summed E-state index contributed by atoms with van der Waals surface area (Å²) < 4.78 is 32.5. The highest BCUT2D eigenvalue weighted by Gasteiger charge is 2.35. The average molecular weight is 309 g/mol. The van der Waals surface area contributed by atoms with Crippen LogP contribution < -0.4 is 4.74 Å². The van der Waals surface area contributed by atoms with Crippen molar-refractivity contribution >= 4 is 15.8 Å². The van der Waals surface area contributed by atoms with Crippen molar-refractivity contribution in [3.05, 3.63) is 36.0 Å². The summed E-state index contributed by atoms with van der Waals surface area (Å²) in [6.45, 7) is 0. The van der Waals surface area contributed by atoms with E-state index in [1.807, 2.05) is 0 Å². The third-order valence-electron chi connectivity index (χ3n) is 3.05. The van der Waals surface area contributed by atoms with Crippen molar-refractivity contribution < 1.29 is 27.6 Å². The van der Waals surface area contributed by atoms with Crippen molar-refractivity contribution in [3.63, 3.8) is 0 Å². The van der Waals surface area contributed by atoms with Crippen LogP contribution in [0.2, 0.25) is 0 Å². The summed E-state index contributed by atoms with van der Waals surface area (Å²) in [5.74, 6) is -0.185. The van der Waals surface area contributed by atoms with Gasteiger partial charge < -0.3 is 14.4 Å². The zero-order chi connectivity index (χ0) is 15.0. The number of carboxylic acid groups (broad SMARTS) is 1. The molecule has 1 aromatic heterocycles. The molecule has 0 bridgehead atoms. The minimum Gasteiger partial charge on any atom is -0.488 e. The van der Waals surface area contributed by atoms with Gasteiger partial charge in [-0.05, 0) is 24.3 Å². The van der Waals surface area contributed by atoms with Gasteiger partial charge in [0.15, 0.2) is 21.3 Å². The zero-order valence-corrected chi connectivity index (χ0v) is 11.5. The van der Waals surface area contributed by atoms with E-state index in [2.05, 4.69) is 5.16 Å². The first kappa shape index (κ1) is 13.6. The van der Waals surface area contributed by atoms with E-state index in [1.165, 1.54) is 6.07 Å². The Morgan fingerprint density at radius 2 is 1.95 bits per heavy atom. The number of aromatic nitrogens is 1. The molecule has 21 heavy (non-hydrogen) atoms. The number of hydrogen-bond donors (Lipinski definition) is 1. The van der Waals surface area contributed by atoms with Gasteiger partial charge in [0.1, 0.15) is 11.9 Å². The van der Waals surface area contributed by atoms with E-state index < -0.39 is 15.8 Å². The van der Waals surface area contributed by atoms with Crippen LogP contribution >= 0.6 is 0 Å². The first-order valence-electron chi connectivity index (χ1n) is 6.10. The molecule has 1 aliphatic heterocycles. The fourth-order valence-electron chi connectivity index (χ4n) is 1.99. The number of benzene rings is 1. The highest BCUT2D eigenvalue weighted by molar-refractivity contribution is 7.92. The van der Waals surface area contributed by atoms with Gasteiger partial charge in [0.25, 0.3) is 0 Å². The molecule has 0 atom stereocenters. The summed E-state index contributed by atoms with van der Waals surface area (Å²) in [5, 5.41) is 12.2. The Morgan fingerprint density at radius 1 is 1.29 bits per heavy atom. The van der Waals surface area contributed by atoms with Gasteiger partial charge in [-0.15, -0.1) is 0 Å². The predicted octanol–water partition coefficient (Wildman–Crippen LogP) is 1.22.